The van der Waals surface area contributed by atoms with Crippen molar-refractivity contribution in [3.8, 4) is 11.5 Å². The largest absolute Gasteiger partial charge is 0.454 e. The topological polar surface area (TPSA) is 21.3 Å². The van der Waals surface area contributed by atoms with Crippen LogP contribution in [-0.4, -0.2) is 7.05 Å². The fourth-order valence-corrected chi connectivity index (χ4v) is 1.75. The van der Waals surface area contributed by atoms with E-state index in [2.05, 4.69) is 5.32 Å². The first-order valence-electron chi connectivity index (χ1n) is 5.86. The van der Waals surface area contributed by atoms with Gasteiger partial charge in [-0.25, -0.2) is 4.39 Å². The van der Waals surface area contributed by atoms with Gasteiger partial charge >= 0.3 is 0 Å². The van der Waals surface area contributed by atoms with Gasteiger partial charge in [0.15, 0.2) is 11.6 Å². The zero-order chi connectivity index (χ0) is 13.0. The normalized spacial score (nSPS) is 10.4. The molecule has 0 aliphatic heterocycles. The zero-order valence-corrected chi connectivity index (χ0v) is 10.5. The Morgan fingerprint density at radius 2 is 2.00 bits per heavy atom. The predicted octanol–water partition coefficient (Wildman–Crippen LogP) is 3.65. The van der Waals surface area contributed by atoms with Crippen LogP contribution in [0.4, 0.5) is 4.39 Å². The highest BCUT2D eigenvalue weighted by atomic mass is 19.1. The number of ether oxygens (including phenoxy) is 1. The fraction of sp³-hybridized carbons (Fsp3) is 0.200. The van der Waals surface area contributed by atoms with Crippen LogP contribution in [0.2, 0.25) is 0 Å². The highest BCUT2D eigenvalue weighted by molar-refractivity contribution is 5.36. The van der Waals surface area contributed by atoms with Gasteiger partial charge < -0.3 is 10.1 Å². The molecular weight excluding hydrogens is 229 g/mol. The number of benzene rings is 2. The maximum absolute atomic E-state index is 13.8. The Morgan fingerprint density at radius 3 is 2.67 bits per heavy atom. The smallest absolute Gasteiger partial charge is 0.166 e. The molecule has 0 bridgehead atoms. The van der Waals surface area contributed by atoms with Gasteiger partial charge in [0, 0.05) is 6.54 Å². The van der Waals surface area contributed by atoms with E-state index < -0.39 is 0 Å². The third kappa shape index (κ3) is 3.08. The number of aryl methyl sites for hydroxylation is 1. The van der Waals surface area contributed by atoms with Crippen molar-refractivity contribution >= 4 is 0 Å². The lowest BCUT2D eigenvalue weighted by atomic mass is 10.2. The molecule has 0 aromatic heterocycles. The number of hydrogen-bond acceptors (Lipinski definition) is 2. The molecule has 0 saturated carbocycles. The molecule has 2 nitrogen and oxygen atoms in total. The molecule has 0 spiro atoms. The molecule has 2 aromatic rings. The standard InChI is InChI=1S/C15H16FNO/c1-11-4-3-5-13(8-11)18-15-7-6-12(10-17-2)9-14(15)16/h3-9,17H,10H2,1-2H3. The van der Waals surface area contributed by atoms with Gasteiger partial charge in [-0.15, -0.1) is 0 Å². The molecule has 0 heterocycles. The minimum Gasteiger partial charge on any atom is -0.454 e. The van der Waals surface area contributed by atoms with E-state index >= 15 is 0 Å². The zero-order valence-electron chi connectivity index (χ0n) is 10.5. The van der Waals surface area contributed by atoms with E-state index in [-0.39, 0.29) is 11.6 Å². The summed E-state index contributed by atoms with van der Waals surface area (Å²) in [5.74, 6) is 0.556. The molecule has 3 heteroatoms. The average molecular weight is 245 g/mol. The van der Waals surface area contributed by atoms with Gasteiger partial charge in [0.2, 0.25) is 0 Å². The number of nitrogens with one attached hydrogen (secondary N) is 1. The first-order valence-corrected chi connectivity index (χ1v) is 5.86. The van der Waals surface area contributed by atoms with E-state index in [0.29, 0.717) is 12.3 Å². The molecular formula is C15H16FNO. The van der Waals surface area contributed by atoms with Crippen molar-refractivity contribution in [3.63, 3.8) is 0 Å². The Labute approximate surface area is 106 Å². The third-order valence-corrected chi connectivity index (χ3v) is 2.59. The molecule has 1 N–H and O–H groups in total. The third-order valence-electron chi connectivity index (χ3n) is 2.59. The van der Waals surface area contributed by atoms with E-state index in [9.17, 15) is 4.39 Å². The number of halogens is 1. The van der Waals surface area contributed by atoms with Crippen molar-refractivity contribution in [1.29, 1.82) is 0 Å². The Morgan fingerprint density at radius 1 is 1.17 bits per heavy atom. The van der Waals surface area contributed by atoms with Crippen LogP contribution in [0.25, 0.3) is 0 Å². The van der Waals surface area contributed by atoms with Crippen LogP contribution in [0.5, 0.6) is 11.5 Å². The van der Waals surface area contributed by atoms with Crippen LogP contribution in [0.3, 0.4) is 0 Å². The molecule has 0 radical (unpaired) electrons. The molecule has 94 valence electrons. The molecule has 0 amide bonds. The van der Waals surface area contributed by atoms with Gasteiger partial charge in [0.25, 0.3) is 0 Å². The van der Waals surface area contributed by atoms with Crippen LogP contribution < -0.4 is 10.1 Å². The first-order chi connectivity index (χ1) is 8.69. The number of rotatable bonds is 4. The highest BCUT2D eigenvalue weighted by Crippen LogP contribution is 2.25. The van der Waals surface area contributed by atoms with Gasteiger partial charge in [-0.05, 0) is 49.4 Å². The summed E-state index contributed by atoms with van der Waals surface area (Å²) in [6, 6.07) is 12.5. The van der Waals surface area contributed by atoms with E-state index in [4.69, 9.17) is 4.74 Å². The lowest BCUT2D eigenvalue weighted by Gasteiger charge is -2.08. The van der Waals surface area contributed by atoms with E-state index in [1.165, 1.54) is 6.07 Å². The summed E-state index contributed by atoms with van der Waals surface area (Å²) >= 11 is 0. The van der Waals surface area contributed by atoms with Gasteiger partial charge in [0.05, 0.1) is 0 Å². The predicted molar refractivity (Wildman–Crippen MR) is 70.4 cm³/mol. The summed E-state index contributed by atoms with van der Waals surface area (Å²) in [5, 5.41) is 2.98. The fourth-order valence-electron chi connectivity index (χ4n) is 1.75. The Bertz CT molecular complexity index is 540. The summed E-state index contributed by atoms with van der Waals surface area (Å²) in [5.41, 5.74) is 1.98. The summed E-state index contributed by atoms with van der Waals surface area (Å²) in [4.78, 5) is 0. The van der Waals surface area contributed by atoms with Crippen LogP contribution in [0.1, 0.15) is 11.1 Å². The molecule has 0 aliphatic carbocycles. The van der Waals surface area contributed by atoms with Crippen LogP contribution >= 0.6 is 0 Å². The lowest BCUT2D eigenvalue weighted by Crippen LogP contribution is -2.05. The van der Waals surface area contributed by atoms with Gasteiger partial charge in [-0.3, -0.25) is 0 Å². The second kappa shape index (κ2) is 5.65. The molecule has 0 unspecified atom stereocenters. The highest BCUT2D eigenvalue weighted by Gasteiger charge is 2.06. The molecule has 0 atom stereocenters. The minimum atomic E-state index is -0.343. The molecule has 0 saturated heterocycles. The summed E-state index contributed by atoms with van der Waals surface area (Å²) in [7, 11) is 1.83. The van der Waals surface area contributed by atoms with E-state index in [1.807, 2.05) is 44.3 Å². The molecule has 18 heavy (non-hydrogen) atoms. The quantitative estimate of drug-likeness (QED) is 0.887. The second-order valence-corrected chi connectivity index (χ2v) is 4.21. The van der Waals surface area contributed by atoms with E-state index in [0.717, 1.165) is 11.1 Å². The number of hydrogen-bond donors (Lipinski definition) is 1. The minimum absolute atomic E-state index is 0.250. The summed E-state index contributed by atoms with van der Waals surface area (Å²) < 4.78 is 19.3. The average Bonchev–Trinajstić information content (AvgIpc) is 2.33. The van der Waals surface area contributed by atoms with E-state index in [1.54, 1.807) is 6.07 Å². The summed E-state index contributed by atoms with van der Waals surface area (Å²) in [6.45, 7) is 2.61. The first kappa shape index (κ1) is 12.6. The van der Waals surface area contributed by atoms with Crippen LogP contribution in [0.15, 0.2) is 42.5 Å². The van der Waals surface area contributed by atoms with Crippen molar-refractivity contribution in [2.24, 2.45) is 0 Å². The lowest BCUT2D eigenvalue weighted by molar-refractivity contribution is 0.441. The molecule has 2 aromatic carbocycles. The van der Waals surface area contributed by atoms with Crippen molar-refractivity contribution in [3.05, 3.63) is 59.4 Å². The Kier molecular flexibility index (Phi) is 3.95. The second-order valence-electron chi connectivity index (χ2n) is 4.21. The van der Waals surface area contributed by atoms with Crippen LogP contribution in [-0.2, 0) is 6.54 Å². The molecule has 0 fully saturated rings. The summed E-state index contributed by atoms with van der Waals surface area (Å²) in [6.07, 6.45) is 0. The Hall–Kier alpha value is -1.87. The maximum Gasteiger partial charge on any atom is 0.166 e. The van der Waals surface area contributed by atoms with Crippen molar-refractivity contribution < 1.29 is 9.13 Å². The van der Waals surface area contributed by atoms with Crippen molar-refractivity contribution in [1.82, 2.24) is 5.32 Å². The SMILES string of the molecule is CNCc1ccc(Oc2cccc(C)c2)c(F)c1. The Balaban J connectivity index is 2.19. The van der Waals surface area contributed by atoms with Gasteiger partial charge in [-0.2, -0.15) is 0 Å². The van der Waals surface area contributed by atoms with Crippen molar-refractivity contribution in [2.75, 3.05) is 7.05 Å². The molecule has 2 rings (SSSR count). The maximum atomic E-state index is 13.8. The van der Waals surface area contributed by atoms with Gasteiger partial charge in [-0.1, -0.05) is 18.2 Å². The van der Waals surface area contributed by atoms with Gasteiger partial charge in [0.1, 0.15) is 5.75 Å². The monoisotopic (exact) mass is 245 g/mol. The van der Waals surface area contributed by atoms with Crippen molar-refractivity contribution in [2.45, 2.75) is 13.5 Å². The molecule has 0 aliphatic rings. The van der Waals surface area contributed by atoms with Crippen LogP contribution in [0, 0.1) is 12.7 Å².